The van der Waals surface area contributed by atoms with E-state index in [1.54, 1.807) is 0 Å². The molecule has 0 heterocycles. The first-order valence-corrected chi connectivity index (χ1v) is 5.93. The summed E-state index contributed by atoms with van der Waals surface area (Å²) in [7, 11) is 0. The van der Waals surface area contributed by atoms with E-state index in [2.05, 4.69) is 6.92 Å². The maximum Gasteiger partial charge on any atom is -0.00153 e. The molecule has 0 atom stereocenters. The lowest BCUT2D eigenvalue weighted by Crippen LogP contribution is -2.51. The molecule has 13 heavy (non-hydrogen) atoms. The van der Waals surface area contributed by atoms with Crippen molar-refractivity contribution in [2.45, 2.75) is 58.3 Å². The van der Waals surface area contributed by atoms with Crippen LogP contribution < -0.4 is 5.73 Å². The molecule has 2 fully saturated rings. The Kier molecular flexibility index (Phi) is 2.39. The van der Waals surface area contributed by atoms with E-state index in [1.165, 1.54) is 51.4 Å². The van der Waals surface area contributed by atoms with E-state index < -0.39 is 0 Å². The third-order valence-electron chi connectivity index (χ3n) is 4.94. The molecule has 0 amide bonds. The highest BCUT2D eigenvalue weighted by molar-refractivity contribution is 5.02. The van der Waals surface area contributed by atoms with Crippen LogP contribution in [0.2, 0.25) is 0 Å². The molecule has 1 nitrogen and oxygen atoms in total. The van der Waals surface area contributed by atoms with E-state index in [0.29, 0.717) is 10.8 Å². The average Bonchev–Trinajstić information content (AvgIpc) is 2.04. The fraction of sp³-hybridized carbons (Fsp3) is 1.00. The highest BCUT2D eigenvalue weighted by atomic mass is 14.7. The summed E-state index contributed by atoms with van der Waals surface area (Å²) in [6.07, 6.45) is 11.4. The van der Waals surface area contributed by atoms with Gasteiger partial charge in [-0.3, -0.25) is 0 Å². The van der Waals surface area contributed by atoms with Crippen LogP contribution in [0.3, 0.4) is 0 Å². The van der Waals surface area contributed by atoms with Gasteiger partial charge in [0.05, 0.1) is 0 Å². The van der Waals surface area contributed by atoms with Crippen LogP contribution in [0.15, 0.2) is 0 Å². The minimum Gasteiger partial charge on any atom is -0.330 e. The topological polar surface area (TPSA) is 26.0 Å². The Hall–Kier alpha value is -0.0400. The highest BCUT2D eigenvalue weighted by Gasteiger charge is 2.50. The predicted octanol–water partition coefficient (Wildman–Crippen LogP) is 3.09. The van der Waals surface area contributed by atoms with Crippen LogP contribution in [0.1, 0.15) is 58.3 Å². The molecule has 2 saturated carbocycles. The molecule has 0 aliphatic heterocycles. The van der Waals surface area contributed by atoms with Crippen molar-refractivity contribution >= 4 is 0 Å². The lowest BCUT2D eigenvalue weighted by atomic mass is 9.50. The van der Waals surface area contributed by atoms with Crippen LogP contribution in [-0.4, -0.2) is 6.54 Å². The van der Waals surface area contributed by atoms with Crippen molar-refractivity contribution in [3.8, 4) is 0 Å². The Morgan fingerprint density at radius 3 is 1.92 bits per heavy atom. The second-order valence-corrected chi connectivity index (χ2v) is 5.46. The van der Waals surface area contributed by atoms with Crippen molar-refractivity contribution in [2.75, 3.05) is 6.54 Å². The summed E-state index contributed by atoms with van der Waals surface area (Å²) < 4.78 is 0. The average molecular weight is 181 g/mol. The molecule has 2 aliphatic carbocycles. The van der Waals surface area contributed by atoms with Gasteiger partial charge in [-0.25, -0.2) is 0 Å². The van der Waals surface area contributed by atoms with E-state index >= 15 is 0 Å². The van der Waals surface area contributed by atoms with Gasteiger partial charge in [-0.1, -0.05) is 32.6 Å². The summed E-state index contributed by atoms with van der Waals surface area (Å²) in [5.74, 6) is 0. The lowest BCUT2D eigenvalue weighted by Gasteiger charge is -2.56. The lowest BCUT2D eigenvalue weighted by molar-refractivity contribution is -0.0459. The van der Waals surface area contributed by atoms with Gasteiger partial charge in [0.15, 0.2) is 0 Å². The van der Waals surface area contributed by atoms with Gasteiger partial charge in [0.25, 0.3) is 0 Å². The normalized spacial score (nSPS) is 30.9. The Bertz CT molecular complexity index is 170. The maximum absolute atomic E-state index is 5.98. The van der Waals surface area contributed by atoms with Gasteiger partial charge in [0, 0.05) is 0 Å². The van der Waals surface area contributed by atoms with Crippen LogP contribution in [0.4, 0.5) is 0 Å². The molecule has 1 heteroatoms. The Labute approximate surface area is 82.1 Å². The summed E-state index contributed by atoms with van der Waals surface area (Å²) in [6, 6.07) is 0. The van der Waals surface area contributed by atoms with Crippen LogP contribution >= 0.6 is 0 Å². The molecule has 0 unspecified atom stereocenters. The largest absolute Gasteiger partial charge is 0.330 e. The van der Waals surface area contributed by atoms with Crippen LogP contribution in [0.5, 0.6) is 0 Å². The Morgan fingerprint density at radius 2 is 1.54 bits per heavy atom. The van der Waals surface area contributed by atoms with E-state index in [0.717, 1.165) is 6.54 Å². The molecule has 2 aliphatic rings. The second-order valence-electron chi connectivity index (χ2n) is 5.46. The van der Waals surface area contributed by atoms with Gasteiger partial charge >= 0.3 is 0 Å². The van der Waals surface area contributed by atoms with Crippen molar-refractivity contribution < 1.29 is 0 Å². The van der Waals surface area contributed by atoms with Gasteiger partial charge < -0.3 is 5.73 Å². The van der Waals surface area contributed by atoms with Crippen LogP contribution in [0, 0.1) is 10.8 Å². The van der Waals surface area contributed by atoms with Crippen molar-refractivity contribution in [1.29, 1.82) is 0 Å². The zero-order valence-corrected chi connectivity index (χ0v) is 8.94. The minimum absolute atomic E-state index is 0.549. The van der Waals surface area contributed by atoms with Crippen LogP contribution in [0.25, 0.3) is 0 Å². The van der Waals surface area contributed by atoms with Gasteiger partial charge in [-0.2, -0.15) is 0 Å². The fourth-order valence-electron chi connectivity index (χ4n) is 3.52. The molecular formula is C12H23N. The first kappa shape index (κ1) is 9.51. The fourth-order valence-corrected chi connectivity index (χ4v) is 3.52. The molecule has 0 bridgehead atoms. The second kappa shape index (κ2) is 3.27. The first-order valence-electron chi connectivity index (χ1n) is 5.93. The summed E-state index contributed by atoms with van der Waals surface area (Å²) >= 11 is 0. The van der Waals surface area contributed by atoms with Crippen molar-refractivity contribution in [3.05, 3.63) is 0 Å². The highest BCUT2D eigenvalue weighted by Crippen LogP contribution is 2.59. The summed E-state index contributed by atoms with van der Waals surface area (Å²) in [4.78, 5) is 0. The van der Waals surface area contributed by atoms with Crippen molar-refractivity contribution in [3.63, 3.8) is 0 Å². The quantitative estimate of drug-likeness (QED) is 0.696. The van der Waals surface area contributed by atoms with Gasteiger partial charge in [0.2, 0.25) is 0 Å². The summed E-state index contributed by atoms with van der Waals surface area (Å²) in [5, 5.41) is 0. The molecular weight excluding hydrogens is 158 g/mol. The summed E-state index contributed by atoms with van der Waals surface area (Å²) in [6.45, 7) is 3.43. The zero-order valence-electron chi connectivity index (χ0n) is 8.94. The van der Waals surface area contributed by atoms with E-state index in [1.807, 2.05) is 0 Å². The molecule has 2 N–H and O–H groups in total. The van der Waals surface area contributed by atoms with Gasteiger partial charge in [-0.15, -0.1) is 0 Å². The molecule has 76 valence electrons. The number of nitrogens with two attached hydrogens (primary N) is 1. The monoisotopic (exact) mass is 181 g/mol. The smallest absolute Gasteiger partial charge is 0.00153 e. The molecule has 0 radical (unpaired) electrons. The zero-order chi connectivity index (χ0) is 9.36. The Morgan fingerprint density at radius 1 is 0.923 bits per heavy atom. The molecule has 0 aromatic rings. The van der Waals surface area contributed by atoms with Crippen molar-refractivity contribution in [2.24, 2.45) is 16.6 Å². The molecule has 0 aromatic carbocycles. The first-order chi connectivity index (χ1) is 6.22. The third kappa shape index (κ3) is 1.32. The maximum atomic E-state index is 5.98. The SMILES string of the molecule is CC1(C2(CN)CCC2)CCCCC1. The molecule has 0 saturated heterocycles. The number of hydrogen-bond acceptors (Lipinski definition) is 1. The van der Waals surface area contributed by atoms with Gasteiger partial charge in [0.1, 0.15) is 0 Å². The Balaban J connectivity index is 2.10. The van der Waals surface area contributed by atoms with E-state index in [4.69, 9.17) is 5.73 Å². The molecule has 2 rings (SSSR count). The molecule has 0 aromatic heterocycles. The molecule has 0 spiro atoms. The summed E-state index contributed by atoms with van der Waals surface area (Å²) in [5.41, 5.74) is 7.13. The predicted molar refractivity (Wildman–Crippen MR) is 56.5 cm³/mol. The van der Waals surface area contributed by atoms with E-state index in [-0.39, 0.29) is 0 Å². The number of hydrogen-bond donors (Lipinski definition) is 1. The number of rotatable bonds is 2. The third-order valence-corrected chi connectivity index (χ3v) is 4.94. The van der Waals surface area contributed by atoms with Gasteiger partial charge in [-0.05, 0) is 43.1 Å². The van der Waals surface area contributed by atoms with E-state index in [9.17, 15) is 0 Å². The van der Waals surface area contributed by atoms with Crippen molar-refractivity contribution in [1.82, 2.24) is 0 Å². The standard InChI is InChI=1S/C12H23N/c1-11(6-3-2-4-7-11)12(10-13)8-5-9-12/h2-10,13H2,1H3. The van der Waals surface area contributed by atoms with Crippen LogP contribution in [-0.2, 0) is 0 Å². The minimum atomic E-state index is 0.549.